The molecule has 1 N–H and O–H groups in total. The fourth-order valence-corrected chi connectivity index (χ4v) is 4.41. The SMILES string of the molecule is CCN1C(=O)c2ccccc2N2C(=O)CC[C@@]12C(=O)Nc1ccc(C(=O)OC(C)C)cc1. The number of esters is 1. The first kappa shape index (κ1) is 21.5. The summed E-state index contributed by atoms with van der Waals surface area (Å²) in [4.78, 5) is 54.7. The Bertz CT molecular complexity index is 1100. The van der Waals surface area contributed by atoms with E-state index in [1.807, 2.05) is 0 Å². The van der Waals surface area contributed by atoms with E-state index in [0.717, 1.165) is 0 Å². The number of carbonyl (C=O) groups excluding carboxylic acids is 4. The van der Waals surface area contributed by atoms with Crippen molar-refractivity contribution in [3.8, 4) is 0 Å². The van der Waals surface area contributed by atoms with Gasteiger partial charge in [0.15, 0.2) is 0 Å². The third-order valence-corrected chi connectivity index (χ3v) is 5.77. The lowest BCUT2D eigenvalue weighted by Crippen LogP contribution is -2.69. The van der Waals surface area contributed by atoms with Crippen LogP contribution < -0.4 is 10.2 Å². The average Bonchev–Trinajstić information content (AvgIpc) is 3.12. The lowest BCUT2D eigenvalue weighted by molar-refractivity contribution is -0.128. The highest BCUT2D eigenvalue weighted by atomic mass is 16.5. The van der Waals surface area contributed by atoms with Crippen LogP contribution in [0.2, 0.25) is 0 Å². The van der Waals surface area contributed by atoms with Gasteiger partial charge in [-0.15, -0.1) is 0 Å². The second-order valence-electron chi connectivity index (χ2n) is 8.10. The Morgan fingerprint density at radius 2 is 1.78 bits per heavy atom. The number of hydrogen-bond donors (Lipinski definition) is 1. The van der Waals surface area contributed by atoms with Crippen LogP contribution >= 0.6 is 0 Å². The van der Waals surface area contributed by atoms with Crippen molar-refractivity contribution in [2.45, 2.75) is 45.4 Å². The van der Waals surface area contributed by atoms with E-state index in [9.17, 15) is 19.2 Å². The van der Waals surface area contributed by atoms with E-state index in [1.54, 1.807) is 69.3 Å². The van der Waals surface area contributed by atoms with E-state index in [2.05, 4.69) is 5.32 Å². The molecule has 1 atom stereocenters. The minimum atomic E-state index is -1.44. The monoisotopic (exact) mass is 435 g/mol. The molecule has 4 rings (SSSR count). The molecular weight excluding hydrogens is 410 g/mol. The van der Waals surface area contributed by atoms with Crippen LogP contribution in [0.4, 0.5) is 11.4 Å². The maximum Gasteiger partial charge on any atom is 0.338 e. The summed E-state index contributed by atoms with van der Waals surface area (Å²) in [5, 5.41) is 2.84. The zero-order chi connectivity index (χ0) is 23.0. The van der Waals surface area contributed by atoms with Gasteiger partial charge in [-0.3, -0.25) is 19.3 Å². The molecule has 32 heavy (non-hydrogen) atoms. The quantitative estimate of drug-likeness (QED) is 0.728. The standard InChI is InChI=1S/C24H25N3O5/c1-4-26-21(29)18-7-5-6-8-19(18)27-20(28)13-14-24(26,27)23(31)25-17-11-9-16(10-12-17)22(30)32-15(2)3/h5-12,15H,4,13-14H2,1-3H3,(H,25,31)/t24-/m1/s1. The maximum atomic E-state index is 13.6. The number of ether oxygens (including phenoxy) is 1. The molecule has 8 heteroatoms. The predicted octanol–water partition coefficient (Wildman–Crippen LogP) is 3.19. The van der Waals surface area contributed by atoms with Gasteiger partial charge >= 0.3 is 5.97 Å². The van der Waals surface area contributed by atoms with Crippen molar-refractivity contribution in [3.05, 3.63) is 59.7 Å². The summed E-state index contributed by atoms with van der Waals surface area (Å²) < 4.78 is 5.18. The Morgan fingerprint density at radius 1 is 1.09 bits per heavy atom. The lowest BCUT2D eigenvalue weighted by atomic mass is 9.95. The Hall–Kier alpha value is -3.68. The van der Waals surface area contributed by atoms with Crippen molar-refractivity contribution in [1.82, 2.24) is 4.90 Å². The molecule has 0 saturated carbocycles. The van der Waals surface area contributed by atoms with E-state index in [4.69, 9.17) is 4.74 Å². The number of carbonyl (C=O) groups is 4. The summed E-state index contributed by atoms with van der Waals surface area (Å²) in [5.74, 6) is -1.40. The summed E-state index contributed by atoms with van der Waals surface area (Å²) in [6.45, 7) is 5.59. The topological polar surface area (TPSA) is 96.0 Å². The Labute approximate surface area is 186 Å². The van der Waals surface area contributed by atoms with Crippen molar-refractivity contribution in [1.29, 1.82) is 0 Å². The van der Waals surface area contributed by atoms with Gasteiger partial charge in [0.2, 0.25) is 11.6 Å². The largest absolute Gasteiger partial charge is 0.459 e. The van der Waals surface area contributed by atoms with E-state index in [1.165, 1.54) is 9.80 Å². The second-order valence-corrected chi connectivity index (χ2v) is 8.10. The molecule has 166 valence electrons. The molecule has 2 aliphatic rings. The van der Waals surface area contributed by atoms with Crippen molar-refractivity contribution < 1.29 is 23.9 Å². The van der Waals surface area contributed by atoms with Crippen molar-refractivity contribution in [2.75, 3.05) is 16.8 Å². The van der Waals surface area contributed by atoms with E-state index >= 15 is 0 Å². The maximum absolute atomic E-state index is 13.6. The number of nitrogens with zero attached hydrogens (tertiary/aromatic N) is 2. The van der Waals surface area contributed by atoms with Gasteiger partial charge in [0.25, 0.3) is 11.8 Å². The molecule has 1 saturated heterocycles. The third kappa shape index (κ3) is 3.32. The molecule has 0 aromatic heterocycles. The number of nitrogens with one attached hydrogen (secondary N) is 1. The lowest BCUT2D eigenvalue weighted by Gasteiger charge is -2.48. The summed E-state index contributed by atoms with van der Waals surface area (Å²) in [7, 11) is 0. The van der Waals surface area contributed by atoms with Gasteiger partial charge in [0.05, 0.1) is 22.9 Å². The van der Waals surface area contributed by atoms with Crippen LogP contribution in [0.1, 0.15) is 54.3 Å². The number of benzene rings is 2. The van der Waals surface area contributed by atoms with Crippen LogP contribution in [0.5, 0.6) is 0 Å². The van der Waals surface area contributed by atoms with E-state index in [0.29, 0.717) is 22.5 Å². The van der Waals surface area contributed by atoms with Crippen LogP contribution in [0.15, 0.2) is 48.5 Å². The highest BCUT2D eigenvalue weighted by Crippen LogP contribution is 2.44. The molecule has 0 radical (unpaired) electrons. The Kier molecular flexibility index (Phi) is 5.46. The number of amides is 3. The number of anilines is 2. The molecule has 1 fully saturated rings. The van der Waals surface area contributed by atoms with Crippen LogP contribution in [-0.4, -0.2) is 46.9 Å². The number of hydrogen-bond acceptors (Lipinski definition) is 5. The molecular formula is C24H25N3O5. The number of fused-ring (bicyclic) bond motifs is 3. The highest BCUT2D eigenvalue weighted by molar-refractivity contribution is 6.18. The third-order valence-electron chi connectivity index (χ3n) is 5.77. The first-order valence-electron chi connectivity index (χ1n) is 10.7. The minimum absolute atomic E-state index is 0.158. The number of para-hydroxylation sites is 1. The average molecular weight is 435 g/mol. The first-order chi connectivity index (χ1) is 15.3. The molecule has 0 spiro atoms. The molecule has 2 heterocycles. The van der Waals surface area contributed by atoms with Gasteiger partial charge in [-0.2, -0.15) is 0 Å². The molecule has 2 aliphatic heterocycles. The molecule has 2 aromatic rings. The van der Waals surface area contributed by atoms with Crippen molar-refractivity contribution in [2.24, 2.45) is 0 Å². The first-order valence-corrected chi connectivity index (χ1v) is 10.7. The number of rotatable bonds is 5. The van der Waals surface area contributed by atoms with Gasteiger partial charge in [-0.05, 0) is 57.2 Å². The van der Waals surface area contributed by atoms with E-state index in [-0.39, 0.29) is 37.3 Å². The van der Waals surface area contributed by atoms with Gasteiger partial charge in [-0.1, -0.05) is 12.1 Å². The van der Waals surface area contributed by atoms with Crippen molar-refractivity contribution in [3.63, 3.8) is 0 Å². The summed E-state index contributed by atoms with van der Waals surface area (Å²) >= 11 is 0. The molecule has 0 aliphatic carbocycles. The van der Waals surface area contributed by atoms with Crippen LogP contribution in [0, 0.1) is 0 Å². The fraction of sp³-hybridized carbons (Fsp3) is 0.333. The fourth-order valence-electron chi connectivity index (χ4n) is 4.41. The van der Waals surface area contributed by atoms with Crippen LogP contribution in [-0.2, 0) is 14.3 Å². The Balaban J connectivity index is 1.67. The summed E-state index contributed by atoms with van der Waals surface area (Å²) in [6.07, 6.45) is 0.120. The number of likely N-dealkylation sites (N-methyl/N-ethyl adjacent to an activating group) is 1. The summed E-state index contributed by atoms with van der Waals surface area (Å²) in [6, 6.07) is 13.2. The zero-order valence-electron chi connectivity index (χ0n) is 18.3. The highest BCUT2D eigenvalue weighted by Gasteiger charge is 2.60. The molecule has 3 amide bonds. The van der Waals surface area contributed by atoms with Gasteiger partial charge < -0.3 is 15.0 Å². The van der Waals surface area contributed by atoms with Gasteiger partial charge in [-0.25, -0.2) is 4.79 Å². The molecule has 0 bridgehead atoms. The molecule has 8 nitrogen and oxygen atoms in total. The van der Waals surface area contributed by atoms with Crippen molar-refractivity contribution >= 4 is 35.1 Å². The summed E-state index contributed by atoms with van der Waals surface area (Å²) in [5.41, 5.74) is 0.233. The van der Waals surface area contributed by atoms with Gasteiger partial charge in [0, 0.05) is 25.1 Å². The van der Waals surface area contributed by atoms with Crippen LogP contribution in [0.3, 0.4) is 0 Å². The molecule has 0 unspecified atom stereocenters. The predicted molar refractivity (Wildman–Crippen MR) is 118 cm³/mol. The van der Waals surface area contributed by atoms with Gasteiger partial charge in [0.1, 0.15) is 0 Å². The normalized spacial score (nSPS) is 19.6. The minimum Gasteiger partial charge on any atom is -0.459 e. The van der Waals surface area contributed by atoms with Crippen LogP contribution in [0.25, 0.3) is 0 Å². The zero-order valence-corrected chi connectivity index (χ0v) is 18.3. The Morgan fingerprint density at radius 3 is 2.44 bits per heavy atom. The van der Waals surface area contributed by atoms with E-state index < -0.39 is 17.5 Å². The molecule has 2 aromatic carbocycles. The smallest absolute Gasteiger partial charge is 0.338 e. The second kappa shape index (κ2) is 8.11.